The summed E-state index contributed by atoms with van der Waals surface area (Å²) in [6.45, 7) is 2.47. The summed E-state index contributed by atoms with van der Waals surface area (Å²) < 4.78 is 20.6. The predicted octanol–water partition coefficient (Wildman–Crippen LogP) is 0.687. The number of hydrogen-bond donors (Lipinski definition) is 1. The largest absolute Gasteiger partial charge is 1.00 e. The molecule has 0 radical (unpaired) electrons. The van der Waals surface area contributed by atoms with E-state index in [9.17, 15) is 13.6 Å². The van der Waals surface area contributed by atoms with E-state index in [1.165, 1.54) is 57.8 Å². The van der Waals surface area contributed by atoms with Crippen LogP contribution < -0.4 is 34.9 Å². The summed E-state index contributed by atoms with van der Waals surface area (Å²) in [6.07, 6.45) is 14.4. The molecule has 0 saturated heterocycles. The fourth-order valence-electron chi connectivity index (χ4n) is 2.31. The fourth-order valence-corrected chi connectivity index (χ4v) is 2.58. The van der Waals surface area contributed by atoms with Crippen molar-refractivity contribution in [3.05, 3.63) is 0 Å². The number of carbonyl (C=O) groups is 1. The van der Waals surface area contributed by atoms with Gasteiger partial charge in [0.15, 0.2) is 0 Å². The van der Waals surface area contributed by atoms with Crippen molar-refractivity contribution in [1.29, 1.82) is 0 Å². The third kappa shape index (κ3) is 20.6. The quantitative estimate of drug-likeness (QED) is 0.271. The van der Waals surface area contributed by atoms with Crippen molar-refractivity contribution in [2.75, 3.05) is 12.3 Å². The molecule has 0 aliphatic heterocycles. The topological polar surface area (TPSA) is 69.2 Å². The van der Waals surface area contributed by atoms with Crippen LogP contribution in [-0.4, -0.2) is 27.0 Å². The Bertz CT molecular complexity index is 278. The van der Waals surface area contributed by atoms with E-state index < -0.39 is 11.1 Å². The van der Waals surface area contributed by atoms with Crippen LogP contribution in [0.15, 0.2) is 0 Å². The van der Waals surface area contributed by atoms with E-state index in [1.54, 1.807) is 0 Å². The Hall–Kier alpha value is 0.580. The molecule has 0 aromatic carbocycles. The van der Waals surface area contributed by atoms with E-state index in [0.717, 1.165) is 12.8 Å². The molecule has 1 atom stereocenters. The van der Waals surface area contributed by atoms with E-state index in [-0.39, 0.29) is 47.8 Å². The van der Waals surface area contributed by atoms with Gasteiger partial charge < -0.3 is 9.87 Å². The molecule has 6 heteroatoms. The molecule has 0 aromatic heterocycles. The SMILES string of the molecule is CCCCCCCCCCCCCC(=O)NCCS(=O)[O-].[Na+]. The Kier molecular flexibility index (Phi) is 22.1. The molecule has 0 saturated carbocycles. The Morgan fingerprint density at radius 2 is 1.36 bits per heavy atom. The smallest absolute Gasteiger partial charge is 0.772 e. The van der Waals surface area contributed by atoms with Crippen LogP contribution in [0.4, 0.5) is 0 Å². The van der Waals surface area contributed by atoms with Gasteiger partial charge >= 0.3 is 29.6 Å². The second kappa shape index (κ2) is 19.6. The first-order chi connectivity index (χ1) is 10.2. The zero-order valence-electron chi connectivity index (χ0n) is 14.5. The monoisotopic (exact) mass is 341 g/mol. The first-order valence-corrected chi connectivity index (χ1v) is 9.73. The minimum absolute atomic E-state index is 0. The van der Waals surface area contributed by atoms with Gasteiger partial charge in [-0.05, 0) is 6.42 Å². The van der Waals surface area contributed by atoms with E-state index in [4.69, 9.17) is 0 Å². The molecule has 22 heavy (non-hydrogen) atoms. The molecule has 1 unspecified atom stereocenters. The minimum atomic E-state index is -2.06. The summed E-state index contributed by atoms with van der Waals surface area (Å²) >= 11 is -2.06. The molecule has 4 nitrogen and oxygen atoms in total. The molecule has 0 rings (SSSR count). The van der Waals surface area contributed by atoms with Gasteiger partial charge in [0.25, 0.3) is 0 Å². The summed E-state index contributed by atoms with van der Waals surface area (Å²) in [4.78, 5) is 11.4. The van der Waals surface area contributed by atoms with Gasteiger partial charge in [-0.25, -0.2) is 0 Å². The molecular formula is C16H32NNaO3S. The Morgan fingerprint density at radius 3 is 1.82 bits per heavy atom. The number of carbonyl (C=O) groups excluding carboxylic acids is 1. The summed E-state index contributed by atoms with van der Waals surface area (Å²) in [5.74, 6) is -0.0272. The van der Waals surface area contributed by atoms with Crippen molar-refractivity contribution in [3.8, 4) is 0 Å². The molecule has 0 spiro atoms. The first-order valence-electron chi connectivity index (χ1n) is 8.49. The van der Waals surface area contributed by atoms with Crippen molar-refractivity contribution in [2.45, 2.75) is 84.0 Å². The number of nitrogens with one attached hydrogen (secondary N) is 1. The second-order valence-corrected chi connectivity index (χ2v) is 6.66. The normalized spacial score (nSPS) is 11.7. The number of unbranched alkanes of at least 4 members (excludes halogenated alkanes) is 10. The number of amides is 1. The van der Waals surface area contributed by atoms with Crippen molar-refractivity contribution < 1.29 is 43.1 Å². The molecule has 0 heterocycles. The summed E-state index contributed by atoms with van der Waals surface area (Å²) in [7, 11) is 0. The van der Waals surface area contributed by atoms with Crippen LogP contribution in [0.25, 0.3) is 0 Å². The third-order valence-corrected chi connectivity index (χ3v) is 4.14. The van der Waals surface area contributed by atoms with Crippen LogP contribution >= 0.6 is 0 Å². The van der Waals surface area contributed by atoms with Crippen molar-refractivity contribution in [3.63, 3.8) is 0 Å². The predicted molar refractivity (Wildman–Crippen MR) is 87.9 cm³/mol. The maximum atomic E-state index is 11.4. The third-order valence-electron chi connectivity index (χ3n) is 3.60. The Labute approximate surface area is 161 Å². The van der Waals surface area contributed by atoms with Crippen LogP contribution in [0.5, 0.6) is 0 Å². The Balaban J connectivity index is 0. The van der Waals surface area contributed by atoms with E-state index >= 15 is 0 Å². The Morgan fingerprint density at radius 1 is 0.909 bits per heavy atom. The van der Waals surface area contributed by atoms with Gasteiger partial charge in [0.2, 0.25) is 5.91 Å². The number of rotatable bonds is 15. The molecule has 1 amide bonds. The van der Waals surface area contributed by atoms with Crippen molar-refractivity contribution >= 4 is 17.0 Å². The van der Waals surface area contributed by atoms with Crippen LogP contribution in [0.2, 0.25) is 0 Å². The summed E-state index contributed by atoms with van der Waals surface area (Å²) in [5, 5.41) is 2.62. The number of hydrogen-bond acceptors (Lipinski definition) is 3. The maximum Gasteiger partial charge on any atom is 1.00 e. The van der Waals surface area contributed by atoms with Crippen LogP contribution in [-0.2, 0) is 15.9 Å². The molecule has 126 valence electrons. The first kappa shape index (κ1) is 24.8. The van der Waals surface area contributed by atoms with Gasteiger partial charge in [-0.1, -0.05) is 82.2 Å². The van der Waals surface area contributed by atoms with E-state index in [0.29, 0.717) is 6.42 Å². The van der Waals surface area contributed by atoms with Crippen molar-refractivity contribution in [1.82, 2.24) is 5.32 Å². The fraction of sp³-hybridized carbons (Fsp3) is 0.938. The average molecular weight is 341 g/mol. The maximum absolute atomic E-state index is 11.4. The van der Waals surface area contributed by atoms with Gasteiger partial charge in [-0.2, -0.15) is 0 Å². The zero-order chi connectivity index (χ0) is 15.8. The van der Waals surface area contributed by atoms with E-state index in [1.807, 2.05) is 0 Å². The molecule has 0 aromatic rings. The van der Waals surface area contributed by atoms with Gasteiger partial charge in [0.05, 0.1) is 0 Å². The summed E-state index contributed by atoms with van der Waals surface area (Å²) in [6, 6.07) is 0. The van der Waals surface area contributed by atoms with Crippen LogP contribution in [0.3, 0.4) is 0 Å². The van der Waals surface area contributed by atoms with Crippen LogP contribution in [0.1, 0.15) is 84.0 Å². The average Bonchev–Trinajstić information content (AvgIpc) is 2.44. The van der Waals surface area contributed by atoms with Gasteiger partial charge in [-0.15, -0.1) is 0 Å². The molecule has 0 aliphatic carbocycles. The van der Waals surface area contributed by atoms with Gasteiger partial charge in [-0.3, -0.25) is 9.00 Å². The molecule has 1 N–H and O–H groups in total. The van der Waals surface area contributed by atoms with Gasteiger partial charge in [0.1, 0.15) is 0 Å². The standard InChI is InChI=1S/C16H33NO3S.Na/c1-2-3-4-5-6-7-8-9-10-11-12-13-16(18)17-14-15-21(19)20;/h2-15H2,1H3,(H,17,18)(H,19,20);/q;+1/p-1. The molecule has 0 bridgehead atoms. The molecule has 0 fully saturated rings. The minimum Gasteiger partial charge on any atom is -0.772 e. The summed E-state index contributed by atoms with van der Waals surface area (Å²) in [5.41, 5.74) is 0. The van der Waals surface area contributed by atoms with Crippen LogP contribution in [0, 0.1) is 0 Å². The van der Waals surface area contributed by atoms with E-state index in [2.05, 4.69) is 12.2 Å². The van der Waals surface area contributed by atoms with Gasteiger partial charge in [0, 0.05) is 18.7 Å². The van der Waals surface area contributed by atoms with Crippen molar-refractivity contribution in [2.24, 2.45) is 0 Å². The molecule has 0 aliphatic rings. The molecular weight excluding hydrogens is 309 g/mol. The second-order valence-electron chi connectivity index (χ2n) is 5.64. The zero-order valence-corrected chi connectivity index (χ0v) is 17.3.